The van der Waals surface area contributed by atoms with Crippen LogP contribution in [0.5, 0.6) is 5.75 Å². The molecule has 0 saturated carbocycles. The van der Waals surface area contributed by atoms with Crippen LogP contribution in [-0.2, 0) is 25.2 Å². The molecule has 168 valence electrons. The number of anilines is 1. The Morgan fingerprint density at radius 2 is 2.00 bits per heavy atom. The maximum absolute atomic E-state index is 13.5. The third kappa shape index (κ3) is 3.71. The third-order valence-electron chi connectivity index (χ3n) is 5.56. The summed E-state index contributed by atoms with van der Waals surface area (Å²) in [6.07, 6.45) is 3.36. The molecule has 0 fully saturated rings. The molecule has 1 amide bonds. The third-order valence-corrected chi connectivity index (χ3v) is 7.61. The minimum absolute atomic E-state index is 0.140. The number of pyridine rings is 1. The maximum Gasteiger partial charge on any atom is 0.261 e. The minimum atomic E-state index is -3.60. The number of nitrogens with zero attached hydrogens (tertiary/aromatic N) is 2. The van der Waals surface area contributed by atoms with E-state index in [0.717, 1.165) is 4.31 Å². The zero-order chi connectivity index (χ0) is 23.1. The summed E-state index contributed by atoms with van der Waals surface area (Å²) in [5.41, 5.74) is -0.314. The van der Waals surface area contributed by atoms with Crippen LogP contribution in [0.1, 0.15) is 12.0 Å². The lowest BCUT2D eigenvalue weighted by molar-refractivity contribution is -0.142. The van der Waals surface area contributed by atoms with E-state index in [9.17, 15) is 13.2 Å². The molecule has 1 aliphatic heterocycles. The second-order valence-corrected chi connectivity index (χ2v) is 10.2. The number of rotatable bonds is 5. The molecule has 0 saturated heterocycles. The fraction of sp³-hybridized carbons (Fsp3) is 0.273. The number of hydrogen-bond acceptors (Lipinski definition) is 6. The monoisotopic (exact) mass is 475 g/mol. The minimum Gasteiger partial charge on any atom is -0.493 e. The van der Waals surface area contributed by atoms with Crippen LogP contribution in [0.4, 0.5) is 5.69 Å². The number of hydrogen-bond donors (Lipinski definition) is 1. The number of sulfonamides is 1. The van der Waals surface area contributed by atoms with Gasteiger partial charge in [-0.05, 0) is 30.3 Å². The zero-order valence-corrected chi connectivity index (χ0v) is 19.3. The van der Waals surface area contributed by atoms with Gasteiger partial charge in [0, 0.05) is 55.2 Å². The second-order valence-electron chi connectivity index (χ2n) is 7.58. The highest BCUT2D eigenvalue weighted by molar-refractivity contribution is 7.89. The van der Waals surface area contributed by atoms with E-state index in [1.807, 2.05) is 0 Å². The van der Waals surface area contributed by atoms with E-state index < -0.39 is 21.5 Å². The van der Waals surface area contributed by atoms with Gasteiger partial charge in [-0.2, -0.15) is 0 Å². The highest BCUT2D eigenvalue weighted by Gasteiger charge is 2.45. The summed E-state index contributed by atoms with van der Waals surface area (Å²) in [4.78, 5) is 17.8. The molecule has 32 heavy (non-hydrogen) atoms. The first-order valence-corrected chi connectivity index (χ1v) is 11.6. The van der Waals surface area contributed by atoms with Crippen LogP contribution in [0.3, 0.4) is 0 Å². The molecule has 3 aromatic rings. The van der Waals surface area contributed by atoms with Gasteiger partial charge in [-0.15, -0.1) is 0 Å². The van der Waals surface area contributed by atoms with E-state index in [2.05, 4.69) is 10.3 Å². The van der Waals surface area contributed by atoms with Crippen molar-refractivity contribution in [2.24, 2.45) is 0 Å². The van der Waals surface area contributed by atoms with Gasteiger partial charge in [-0.3, -0.25) is 9.78 Å². The zero-order valence-electron chi connectivity index (χ0n) is 17.8. The summed E-state index contributed by atoms with van der Waals surface area (Å²) >= 11 is 6.17. The number of carbonyl (C=O) groups excluding carboxylic acids is 1. The van der Waals surface area contributed by atoms with Crippen molar-refractivity contribution in [3.63, 3.8) is 0 Å². The Labute approximate surface area is 191 Å². The quantitative estimate of drug-likeness (QED) is 0.607. The summed E-state index contributed by atoms with van der Waals surface area (Å²) in [5, 5.41) is 4.59. The number of benzene rings is 2. The fourth-order valence-corrected chi connectivity index (χ4v) is 4.88. The predicted molar refractivity (Wildman–Crippen MR) is 121 cm³/mol. The molecule has 2 heterocycles. The van der Waals surface area contributed by atoms with Gasteiger partial charge in [0.1, 0.15) is 5.75 Å². The summed E-state index contributed by atoms with van der Waals surface area (Å²) in [7, 11) is 0.804. The molecule has 1 aliphatic rings. The van der Waals surface area contributed by atoms with Crippen molar-refractivity contribution in [3.8, 4) is 5.75 Å². The average Bonchev–Trinajstić information content (AvgIpc) is 2.78. The Morgan fingerprint density at radius 1 is 1.22 bits per heavy atom. The normalized spacial score (nSPS) is 18.3. The smallest absolute Gasteiger partial charge is 0.261 e. The number of halogens is 1. The SMILES string of the molecule is COC1(C(=O)Nc2cncc3cc(S(=O)(=O)N(C)C)ccc23)CCOc2ccc(Cl)cc21. The van der Waals surface area contributed by atoms with Crippen molar-refractivity contribution in [1.82, 2.24) is 9.29 Å². The molecular formula is C22H22ClN3O5S. The fourth-order valence-electron chi connectivity index (χ4n) is 3.77. The molecule has 1 aromatic heterocycles. The van der Waals surface area contributed by atoms with Crippen molar-refractivity contribution >= 4 is 44.0 Å². The van der Waals surface area contributed by atoms with Crippen LogP contribution in [0, 0.1) is 0 Å². The van der Waals surface area contributed by atoms with Gasteiger partial charge in [0.25, 0.3) is 5.91 Å². The van der Waals surface area contributed by atoms with E-state index in [-0.39, 0.29) is 4.90 Å². The van der Waals surface area contributed by atoms with Gasteiger partial charge in [0.05, 0.1) is 23.4 Å². The van der Waals surface area contributed by atoms with Crippen LogP contribution >= 0.6 is 11.6 Å². The van der Waals surface area contributed by atoms with Crippen molar-refractivity contribution in [1.29, 1.82) is 0 Å². The second kappa shape index (κ2) is 8.32. The lowest BCUT2D eigenvalue weighted by Crippen LogP contribution is -2.45. The van der Waals surface area contributed by atoms with E-state index in [1.54, 1.807) is 30.5 Å². The molecule has 10 heteroatoms. The number of fused-ring (bicyclic) bond motifs is 2. The van der Waals surface area contributed by atoms with Crippen LogP contribution < -0.4 is 10.1 Å². The molecule has 0 spiro atoms. The summed E-state index contributed by atoms with van der Waals surface area (Å²) in [6.45, 7) is 0.301. The first-order chi connectivity index (χ1) is 15.2. The molecule has 4 rings (SSSR count). The summed E-state index contributed by atoms with van der Waals surface area (Å²) in [5.74, 6) is 0.137. The maximum atomic E-state index is 13.5. The molecule has 0 bridgehead atoms. The highest BCUT2D eigenvalue weighted by Crippen LogP contribution is 2.42. The number of ether oxygens (including phenoxy) is 2. The van der Waals surface area contributed by atoms with Crippen LogP contribution in [0.15, 0.2) is 53.7 Å². The summed E-state index contributed by atoms with van der Waals surface area (Å²) in [6, 6.07) is 9.75. The summed E-state index contributed by atoms with van der Waals surface area (Å²) < 4.78 is 37.5. The number of methoxy groups -OCH3 is 1. The van der Waals surface area contributed by atoms with Crippen molar-refractivity contribution < 1.29 is 22.7 Å². The first kappa shape index (κ1) is 22.5. The Bertz CT molecular complexity index is 1310. The average molecular weight is 476 g/mol. The van der Waals surface area contributed by atoms with Gasteiger partial charge in [-0.25, -0.2) is 12.7 Å². The topological polar surface area (TPSA) is 97.8 Å². The van der Waals surface area contributed by atoms with Crippen LogP contribution in [0.2, 0.25) is 5.02 Å². The van der Waals surface area contributed by atoms with Crippen LogP contribution in [-0.4, -0.2) is 51.4 Å². The van der Waals surface area contributed by atoms with E-state index in [0.29, 0.717) is 45.8 Å². The number of carbonyl (C=O) groups is 1. The largest absolute Gasteiger partial charge is 0.493 e. The van der Waals surface area contributed by atoms with Gasteiger partial charge in [-0.1, -0.05) is 17.7 Å². The molecule has 8 nitrogen and oxygen atoms in total. The Morgan fingerprint density at radius 3 is 2.72 bits per heavy atom. The van der Waals surface area contributed by atoms with Crippen molar-refractivity contribution in [2.75, 3.05) is 33.1 Å². The van der Waals surface area contributed by atoms with Gasteiger partial charge >= 0.3 is 0 Å². The van der Waals surface area contributed by atoms with Gasteiger partial charge in [0.15, 0.2) is 5.60 Å². The Hall–Kier alpha value is -2.72. The van der Waals surface area contributed by atoms with Crippen molar-refractivity contribution in [2.45, 2.75) is 16.9 Å². The predicted octanol–water partition coefficient (Wildman–Crippen LogP) is 3.40. The van der Waals surface area contributed by atoms with E-state index in [1.165, 1.54) is 39.5 Å². The number of amides is 1. The lowest BCUT2D eigenvalue weighted by atomic mass is 9.86. The standard InChI is InChI=1S/C22H22ClN3O5S/c1-26(2)32(28,29)16-5-6-17-14(10-16)12-24-13-19(17)25-21(27)22(30-3)8-9-31-20-7-4-15(23)11-18(20)22/h4-7,10-13H,8-9H2,1-3H3,(H,25,27). The number of nitrogens with one attached hydrogen (secondary N) is 1. The van der Waals surface area contributed by atoms with Gasteiger partial charge in [0.2, 0.25) is 10.0 Å². The Balaban J connectivity index is 1.74. The van der Waals surface area contributed by atoms with Crippen molar-refractivity contribution in [3.05, 3.63) is 59.4 Å². The number of aromatic nitrogens is 1. The molecule has 0 aliphatic carbocycles. The van der Waals surface area contributed by atoms with E-state index in [4.69, 9.17) is 21.1 Å². The van der Waals surface area contributed by atoms with Crippen LogP contribution in [0.25, 0.3) is 10.8 Å². The molecule has 1 unspecified atom stereocenters. The Kier molecular flexibility index (Phi) is 5.85. The molecule has 0 radical (unpaired) electrons. The molecule has 1 atom stereocenters. The molecule has 2 aromatic carbocycles. The first-order valence-electron chi connectivity index (χ1n) is 9.79. The van der Waals surface area contributed by atoms with E-state index >= 15 is 0 Å². The lowest BCUT2D eigenvalue weighted by Gasteiger charge is -2.36. The van der Waals surface area contributed by atoms with Gasteiger partial charge < -0.3 is 14.8 Å². The molecular weight excluding hydrogens is 454 g/mol. The molecule has 1 N–H and O–H groups in total. The highest BCUT2D eigenvalue weighted by atomic mass is 35.5.